The van der Waals surface area contributed by atoms with E-state index in [-0.39, 0.29) is 17.7 Å². The van der Waals surface area contributed by atoms with Crippen LogP contribution < -0.4 is 11.1 Å². The first kappa shape index (κ1) is 17.2. The van der Waals surface area contributed by atoms with Crippen molar-refractivity contribution < 1.29 is 9.59 Å². The van der Waals surface area contributed by atoms with Gasteiger partial charge in [-0.1, -0.05) is 50.6 Å². The number of thiophene rings is 1. The minimum atomic E-state index is -0.472. The SMILES string of the molecule is CC[C@@H](C)[C@H](C(=O)Nc1cc(C(N)=O)sc1C)c1ccccc1. The highest BCUT2D eigenvalue weighted by molar-refractivity contribution is 7.14. The lowest BCUT2D eigenvalue weighted by Gasteiger charge is -2.22. The minimum Gasteiger partial charge on any atom is -0.365 e. The van der Waals surface area contributed by atoms with Crippen molar-refractivity contribution in [3.8, 4) is 0 Å². The molecule has 2 amide bonds. The number of amides is 2. The van der Waals surface area contributed by atoms with Crippen LogP contribution in [0.2, 0.25) is 0 Å². The van der Waals surface area contributed by atoms with Crippen molar-refractivity contribution in [3.63, 3.8) is 0 Å². The zero-order valence-corrected chi connectivity index (χ0v) is 14.4. The highest BCUT2D eigenvalue weighted by atomic mass is 32.1. The lowest BCUT2D eigenvalue weighted by atomic mass is 9.85. The molecule has 0 bridgehead atoms. The molecule has 5 heteroatoms. The highest BCUT2D eigenvalue weighted by Crippen LogP contribution is 2.31. The maximum Gasteiger partial charge on any atom is 0.258 e. The van der Waals surface area contributed by atoms with Crippen LogP contribution in [0.25, 0.3) is 0 Å². The summed E-state index contributed by atoms with van der Waals surface area (Å²) in [7, 11) is 0. The van der Waals surface area contributed by atoms with Gasteiger partial charge in [-0.25, -0.2) is 0 Å². The number of carbonyl (C=O) groups is 2. The number of rotatable bonds is 6. The van der Waals surface area contributed by atoms with Crippen molar-refractivity contribution in [2.24, 2.45) is 11.7 Å². The molecule has 2 atom stereocenters. The summed E-state index contributed by atoms with van der Waals surface area (Å²) in [5, 5.41) is 2.96. The van der Waals surface area contributed by atoms with Crippen LogP contribution in [0.1, 0.15) is 46.3 Å². The lowest BCUT2D eigenvalue weighted by Crippen LogP contribution is -2.26. The molecule has 0 fully saturated rings. The molecule has 0 saturated heterocycles. The summed E-state index contributed by atoms with van der Waals surface area (Å²) >= 11 is 1.30. The van der Waals surface area contributed by atoms with Gasteiger partial charge in [0.25, 0.3) is 5.91 Å². The highest BCUT2D eigenvalue weighted by Gasteiger charge is 2.26. The molecule has 0 radical (unpaired) electrons. The number of carbonyl (C=O) groups excluding carboxylic acids is 2. The zero-order chi connectivity index (χ0) is 17.0. The molecular weight excluding hydrogens is 308 g/mol. The van der Waals surface area contributed by atoms with Gasteiger partial charge in [0.15, 0.2) is 0 Å². The van der Waals surface area contributed by atoms with E-state index in [0.29, 0.717) is 10.6 Å². The number of hydrogen-bond acceptors (Lipinski definition) is 3. The molecule has 0 unspecified atom stereocenters. The fourth-order valence-electron chi connectivity index (χ4n) is 2.57. The summed E-state index contributed by atoms with van der Waals surface area (Å²) in [6.45, 7) is 6.02. The van der Waals surface area contributed by atoms with Crippen molar-refractivity contribution in [3.05, 3.63) is 51.7 Å². The second-order valence-corrected chi connectivity index (χ2v) is 6.96. The Kier molecular flexibility index (Phi) is 5.55. The third-order valence-corrected chi connectivity index (χ3v) is 5.14. The molecule has 2 rings (SSSR count). The lowest BCUT2D eigenvalue weighted by molar-refractivity contribution is -0.118. The summed E-state index contributed by atoms with van der Waals surface area (Å²) in [5.41, 5.74) is 6.97. The maximum atomic E-state index is 12.8. The van der Waals surface area contributed by atoms with Gasteiger partial charge in [0, 0.05) is 4.88 Å². The Morgan fingerprint density at radius 3 is 2.43 bits per heavy atom. The van der Waals surface area contributed by atoms with E-state index in [4.69, 9.17) is 5.73 Å². The standard InChI is InChI=1S/C18H22N2O2S/c1-4-11(2)16(13-8-6-5-7-9-13)18(22)20-14-10-15(17(19)21)23-12(14)3/h5-11,16H,4H2,1-3H3,(H2,19,21)(H,20,22)/t11-,16+/m1/s1. The quantitative estimate of drug-likeness (QED) is 0.842. The second-order valence-electron chi connectivity index (χ2n) is 5.71. The largest absolute Gasteiger partial charge is 0.365 e. The van der Waals surface area contributed by atoms with Crippen molar-refractivity contribution in [2.45, 2.75) is 33.1 Å². The smallest absolute Gasteiger partial charge is 0.258 e. The molecule has 3 N–H and O–H groups in total. The van der Waals surface area contributed by atoms with Crippen LogP contribution >= 0.6 is 11.3 Å². The Bertz CT molecular complexity index is 694. The van der Waals surface area contributed by atoms with Gasteiger partial charge in [-0.2, -0.15) is 0 Å². The van der Waals surface area contributed by atoms with Crippen molar-refractivity contribution in [1.29, 1.82) is 0 Å². The average molecular weight is 330 g/mol. The van der Waals surface area contributed by atoms with Crippen LogP contribution in [0.5, 0.6) is 0 Å². The molecule has 0 spiro atoms. The maximum absolute atomic E-state index is 12.8. The normalized spacial score (nSPS) is 13.3. The van der Waals surface area contributed by atoms with E-state index in [2.05, 4.69) is 19.2 Å². The Balaban J connectivity index is 2.26. The van der Waals surface area contributed by atoms with Gasteiger partial charge in [0.2, 0.25) is 5.91 Å². The number of nitrogens with one attached hydrogen (secondary N) is 1. The van der Waals surface area contributed by atoms with E-state index in [1.807, 2.05) is 37.3 Å². The summed E-state index contributed by atoms with van der Waals surface area (Å²) in [5.74, 6) is -0.535. The summed E-state index contributed by atoms with van der Waals surface area (Å²) in [6.07, 6.45) is 0.905. The number of anilines is 1. The fourth-order valence-corrected chi connectivity index (χ4v) is 3.40. The number of benzene rings is 1. The van der Waals surface area contributed by atoms with Crippen molar-refractivity contribution >= 4 is 28.8 Å². The molecule has 1 heterocycles. The average Bonchev–Trinajstić information content (AvgIpc) is 2.89. The molecule has 0 aliphatic rings. The van der Waals surface area contributed by atoms with Gasteiger partial charge in [-0.3, -0.25) is 9.59 Å². The van der Waals surface area contributed by atoms with Gasteiger partial charge in [0.1, 0.15) is 0 Å². The predicted molar refractivity (Wildman–Crippen MR) is 94.8 cm³/mol. The Labute approximate surface area is 140 Å². The predicted octanol–water partition coefficient (Wildman–Crippen LogP) is 3.92. The molecular formula is C18H22N2O2S. The number of primary amides is 1. The number of nitrogens with two attached hydrogens (primary N) is 1. The van der Waals surface area contributed by atoms with E-state index >= 15 is 0 Å². The first-order chi connectivity index (χ1) is 10.9. The van der Waals surface area contributed by atoms with Crippen LogP contribution in [0, 0.1) is 12.8 Å². The third kappa shape index (κ3) is 3.99. The monoisotopic (exact) mass is 330 g/mol. The molecule has 1 aromatic heterocycles. The molecule has 0 saturated carbocycles. The van der Waals surface area contributed by atoms with Gasteiger partial charge < -0.3 is 11.1 Å². The summed E-state index contributed by atoms with van der Waals surface area (Å²) in [4.78, 5) is 25.4. The molecule has 0 aliphatic heterocycles. The second kappa shape index (κ2) is 7.42. The van der Waals surface area contributed by atoms with E-state index in [1.165, 1.54) is 11.3 Å². The van der Waals surface area contributed by atoms with Gasteiger partial charge in [0.05, 0.1) is 16.5 Å². The Hall–Kier alpha value is -2.14. The third-order valence-electron chi connectivity index (χ3n) is 4.07. The topological polar surface area (TPSA) is 72.2 Å². The van der Waals surface area contributed by atoms with Crippen molar-refractivity contribution in [2.75, 3.05) is 5.32 Å². The first-order valence-corrected chi connectivity index (χ1v) is 8.51. The van der Waals surface area contributed by atoms with Gasteiger partial charge in [-0.15, -0.1) is 11.3 Å². The minimum absolute atomic E-state index is 0.0533. The summed E-state index contributed by atoms with van der Waals surface area (Å²) in [6, 6.07) is 11.4. The molecule has 23 heavy (non-hydrogen) atoms. The van der Waals surface area contributed by atoms with Crippen LogP contribution in [-0.2, 0) is 4.79 Å². The zero-order valence-electron chi connectivity index (χ0n) is 13.6. The molecule has 2 aromatic rings. The molecule has 4 nitrogen and oxygen atoms in total. The first-order valence-electron chi connectivity index (χ1n) is 7.70. The van der Waals surface area contributed by atoms with Gasteiger partial charge >= 0.3 is 0 Å². The summed E-state index contributed by atoms with van der Waals surface area (Å²) < 4.78 is 0. The Morgan fingerprint density at radius 1 is 1.26 bits per heavy atom. The number of hydrogen-bond donors (Lipinski definition) is 2. The van der Waals surface area contributed by atoms with Crippen LogP contribution in [0.15, 0.2) is 36.4 Å². The van der Waals surface area contributed by atoms with Gasteiger partial charge in [-0.05, 0) is 24.5 Å². The number of aryl methyl sites for hydroxylation is 1. The van der Waals surface area contributed by atoms with E-state index < -0.39 is 5.91 Å². The Morgan fingerprint density at radius 2 is 1.91 bits per heavy atom. The molecule has 122 valence electrons. The fraction of sp³-hybridized carbons (Fsp3) is 0.333. The van der Waals surface area contributed by atoms with Crippen LogP contribution in [-0.4, -0.2) is 11.8 Å². The van der Waals surface area contributed by atoms with E-state index in [0.717, 1.165) is 16.9 Å². The molecule has 1 aromatic carbocycles. The molecule has 0 aliphatic carbocycles. The van der Waals surface area contributed by atoms with E-state index in [9.17, 15) is 9.59 Å². The van der Waals surface area contributed by atoms with Crippen LogP contribution in [0.3, 0.4) is 0 Å². The van der Waals surface area contributed by atoms with Crippen LogP contribution in [0.4, 0.5) is 5.69 Å². The van der Waals surface area contributed by atoms with Crippen molar-refractivity contribution in [1.82, 2.24) is 0 Å². The van der Waals surface area contributed by atoms with E-state index in [1.54, 1.807) is 6.07 Å².